The minimum atomic E-state index is -0.179. The summed E-state index contributed by atoms with van der Waals surface area (Å²) in [7, 11) is 0. The van der Waals surface area contributed by atoms with Gasteiger partial charge in [-0.1, -0.05) is 6.07 Å². The predicted octanol–water partition coefficient (Wildman–Crippen LogP) is 2.09. The first-order valence-electron chi connectivity index (χ1n) is 5.80. The number of hydrogen-bond acceptors (Lipinski definition) is 2. The monoisotopic (exact) mass is 223 g/mol. The number of aliphatic hydroxyl groups excluding tert-OH is 1. The zero-order valence-electron chi connectivity index (χ0n) is 9.62. The molecule has 1 N–H and O–H groups in total. The summed E-state index contributed by atoms with van der Waals surface area (Å²) in [4.78, 5) is 2.28. The van der Waals surface area contributed by atoms with Crippen LogP contribution in [0, 0.1) is 12.7 Å². The summed E-state index contributed by atoms with van der Waals surface area (Å²) in [5.41, 5.74) is 2.14. The van der Waals surface area contributed by atoms with Crippen LogP contribution in [-0.2, 0) is 6.54 Å². The standard InChI is InChI=1S/C13H18FNO/c1-10-7-12(14)5-4-11(10)8-15-6-2-3-13(15)9-16/h4-5,7,13,16H,2-3,6,8-9H2,1H3/t13-/m0/s1. The average Bonchev–Trinajstić information content (AvgIpc) is 2.69. The van der Waals surface area contributed by atoms with Gasteiger partial charge in [0.1, 0.15) is 5.82 Å². The summed E-state index contributed by atoms with van der Waals surface area (Å²) >= 11 is 0. The molecule has 0 spiro atoms. The number of benzene rings is 1. The highest BCUT2D eigenvalue weighted by molar-refractivity contribution is 5.26. The van der Waals surface area contributed by atoms with Crippen molar-refractivity contribution in [2.75, 3.05) is 13.2 Å². The van der Waals surface area contributed by atoms with Crippen molar-refractivity contribution in [2.24, 2.45) is 0 Å². The van der Waals surface area contributed by atoms with Crippen LogP contribution in [-0.4, -0.2) is 29.2 Å². The average molecular weight is 223 g/mol. The van der Waals surface area contributed by atoms with Gasteiger partial charge in [0, 0.05) is 12.6 Å². The van der Waals surface area contributed by atoms with E-state index in [4.69, 9.17) is 0 Å². The van der Waals surface area contributed by atoms with Gasteiger partial charge in [0.25, 0.3) is 0 Å². The van der Waals surface area contributed by atoms with Crippen molar-refractivity contribution in [3.63, 3.8) is 0 Å². The van der Waals surface area contributed by atoms with Gasteiger partial charge in [0.2, 0.25) is 0 Å². The number of aryl methyl sites for hydroxylation is 1. The van der Waals surface area contributed by atoms with Crippen LogP contribution in [0.4, 0.5) is 4.39 Å². The molecule has 1 heterocycles. The number of aliphatic hydroxyl groups is 1. The fraction of sp³-hybridized carbons (Fsp3) is 0.538. The topological polar surface area (TPSA) is 23.5 Å². The number of likely N-dealkylation sites (tertiary alicyclic amines) is 1. The first-order valence-corrected chi connectivity index (χ1v) is 5.80. The summed E-state index contributed by atoms with van der Waals surface area (Å²) in [5.74, 6) is -0.179. The summed E-state index contributed by atoms with van der Waals surface area (Å²) in [6, 6.07) is 5.20. The van der Waals surface area contributed by atoms with Gasteiger partial charge in [-0.2, -0.15) is 0 Å². The summed E-state index contributed by atoms with van der Waals surface area (Å²) in [5, 5.41) is 9.23. The normalized spacial score (nSPS) is 21.6. The van der Waals surface area contributed by atoms with Gasteiger partial charge in [0.05, 0.1) is 6.61 Å². The van der Waals surface area contributed by atoms with Crippen LogP contribution in [0.3, 0.4) is 0 Å². The third-order valence-electron chi connectivity index (χ3n) is 3.39. The summed E-state index contributed by atoms with van der Waals surface area (Å²) < 4.78 is 13.0. The van der Waals surface area contributed by atoms with Gasteiger partial charge < -0.3 is 5.11 Å². The highest BCUT2D eigenvalue weighted by Crippen LogP contribution is 2.21. The molecule has 88 valence electrons. The lowest BCUT2D eigenvalue weighted by Gasteiger charge is -2.23. The molecule has 0 unspecified atom stereocenters. The number of nitrogens with zero attached hydrogens (tertiary/aromatic N) is 1. The Labute approximate surface area is 95.7 Å². The molecule has 0 aliphatic carbocycles. The largest absolute Gasteiger partial charge is 0.395 e. The van der Waals surface area contributed by atoms with Gasteiger partial charge in [-0.25, -0.2) is 4.39 Å². The van der Waals surface area contributed by atoms with E-state index in [0.29, 0.717) is 0 Å². The van der Waals surface area contributed by atoms with E-state index in [1.807, 2.05) is 13.0 Å². The maximum atomic E-state index is 13.0. The first-order chi connectivity index (χ1) is 7.70. The van der Waals surface area contributed by atoms with E-state index in [-0.39, 0.29) is 18.5 Å². The number of rotatable bonds is 3. The molecule has 3 heteroatoms. The lowest BCUT2D eigenvalue weighted by atomic mass is 10.1. The van der Waals surface area contributed by atoms with Crippen molar-refractivity contribution in [1.29, 1.82) is 0 Å². The number of hydrogen-bond donors (Lipinski definition) is 1. The molecular weight excluding hydrogens is 205 g/mol. The van der Waals surface area contributed by atoms with E-state index < -0.39 is 0 Å². The molecule has 1 saturated heterocycles. The second-order valence-electron chi connectivity index (χ2n) is 4.52. The fourth-order valence-electron chi connectivity index (χ4n) is 2.37. The Morgan fingerprint density at radius 2 is 2.31 bits per heavy atom. The van der Waals surface area contributed by atoms with E-state index in [1.165, 1.54) is 6.07 Å². The minimum absolute atomic E-state index is 0.179. The Hall–Kier alpha value is -0.930. The third kappa shape index (κ3) is 2.42. The van der Waals surface area contributed by atoms with Gasteiger partial charge in [-0.3, -0.25) is 4.90 Å². The third-order valence-corrected chi connectivity index (χ3v) is 3.39. The van der Waals surface area contributed by atoms with Crippen molar-refractivity contribution >= 4 is 0 Å². The molecule has 0 saturated carbocycles. The van der Waals surface area contributed by atoms with Gasteiger partial charge in [-0.15, -0.1) is 0 Å². The molecule has 2 rings (SSSR count). The maximum Gasteiger partial charge on any atom is 0.123 e. The molecule has 1 aliphatic rings. The predicted molar refractivity (Wildman–Crippen MR) is 61.7 cm³/mol. The summed E-state index contributed by atoms with van der Waals surface area (Å²) in [6.45, 7) is 4.00. The molecule has 1 fully saturated rings. The van der Waals surface area contributed by atoms with E-state index in [9.17, 15) is 9.50 Å². The SMILES string of the molecule is Cc1cc(F)ccc1CN1CCC[C@H]1CO. The van der Waals surface area contributed by atoms with Gasteiger partial charge in [-0.05, 0) is 49.6 Å². The van der Waals surface area contributed by atoms with Crippen LogP contribution in [0.2, 0.25) is 0 Å². The molecule has 0 bridgehead atoms. The highest BCUT2D eigenvalue weighted by Gasteiger charge is 2.23. The molecular formula is C13H18FNO. The van der Waals surface area contributed by atoms with Crippen molar-refractivity contribution in [2.45, 2.75) is 32.4 Å². The zero-order chi connectivity index (χ0) is 11.5. The van der Waals surface area contributed by atoms with Crippen molar-refractivity contribution in [3.8, 4) is 0 Å². The van der Waals surface area contributed by atoms with E-state index in [2.05, 4.69) is 4.90 Å². The van der Waals surface area contributed by atoms with Crippen molar-refractivity contribution < 1.29 is 9.50 Å². The lowest BCUT2D eigenvalue weighted by molar-refractivity contribution is 0.153. The zero-order valence-corrected chi connectivity index (χ0v) is 9.62. The van der Waals surface area contributed by atoms with E-state index in [1.54, 1.807) is 6.07 Å². The first kappa shape index (κ1) is 11.6. The maximum absolute atomic E-state index is 13.0. The van der Waals surface area contributed by atoms with Crippen LogP contribution in [0.1, 0.15) is 24.0 Å². The molecule has 2 nitrogen and oxygen atoms in total. The van der Waals surface area contributed by atoms with Crippen molar-refractivity contribution in [3.05, 3.63) is 35.1 Å². The molecule has 1 aromatic carbocycles. The second-order valence-corrected chi connectivity index (χ2v) is 4.52. The van der Waals surface area contributed by atoms with E-state index in [0.717, 1.165) is 37.1 Å². The molecule has 1 aliphatic heterocycles. The van der Waals surface area contributed by atoms with Crippen LogP contribution < -0.4 is 0 Å². The Bertz CT molecular complexity index is 367. The second kappa shape index (κ2) is 4.93. The fourth-order valence-corrected chi connectivity index (χ4v) is 2.37. The van der Waals surface area contributed by atoms with Crippen LogP contribution >= 0.6 is 0 Å². The number of halogens is 1. The quantitative estimate of drug-likeness (QED) is 0.848. The Balaban J connectivity index is 2.08. The van der Waals surface area contributed by atoms with Crippen LogP contribution in [0.25, 0.3) is 0 Å². The van der Waals surface area contributed by atoms with Gasteiger partial charge in [0.15, 0.2) is 0 Å². The Kier molecular flexibility index (Phi) is 3.56. The van der Waals surface area contributed by atoms with E-state index >= 15 is 0 Å². The molecule has 0 aromatic heterocycles. The Morgan fingerprint density at radius 3 is 3.00 bits per heavy atom. The highest BCUT2D eigenvalue weighted by atomic mass is 19.1. The van der Waals surface area contributed by atoms with Crippen molar-refractivity contribution in [1.82, 2.24) is 4.90 Å². The minimum Gasteiger partial charge on any atom is -0.395 e. The molecule has 1 aromatic rings. The molecule has 1 atom stereocenters. The Morgan fingerprint density at radius 1 is 1.50 bits per heavy atom. The molecule has 0 radical (unpaired) electrons. The molecule has 0 amide bonds. The van der Waals surface area contributed by atoms with Crippen LogP contribution in [0.15, 0.2) is 18.2 Å². The summed E-state index contributed by atoms with van der Waals surface area (Å²) in [6.07, 6.45) is 2.21. The van der Waals surface area contributed by atoms with Crippen LogP contribution in [0.5, 0.6) is 0 Å². The molecule has 16 heavy (non-hydrogen) atoms. The lowest BCUT2D eigenvalue weighted by Crippen LogP contribution is -2.31. The van der Waals surface area contributed by atoms with Gasteiger partial charge >= 0.3 is 0 Å². The smallest absolute Gasteiger partial charge is 0.123 e.